The van der Waals surface area contributed by atoms with Crippen LogP contribution in [0.5, 0.6) is 0 Å². The molecule has 3 amide bonds. The number of aromatic nitrogens is 1. The number of amides is 3. The van der Waals surface area contributed by atoms with E-state index in [-0.39, 0.29) is 23.5 Å². The zero-order chi connectivity index (χ0) is 25.8. The predicted octanol–water partition coefficient (Wildman–Crippen LogP) is 4.80. The molecule has 0 saturated carbocycles. The topological polar surface area (TPSA) is 97.7 Å². The number of halogens is 1. The lowest BCUT2D eigenvalue weighted by atomic mass is 10.1. The number of hydrogen-bond donors (Lipinski definition) is 1. The summed E-state index contributed by atoms with van der Waals surface area (Å²) in [6, 6.07) is 12.8. The summed E-state index contributed by atoms with van der Waals surface area (Å²) in [5.74, 6) is -1.92. The number of fused-ring (bicyclic) bond motifs is 1. The number of hydrogen-bond acceptors (Lipinski definition) is 6. The maximum absolute atomic E-state index is 13.1. The third-order valence-electron chi connectivity index (χ3n) is 5.62. The molecule has 1 N–H and O–H groups in total. The van der Waals surface area contributed by atoms with Gasteiger partial charge in [-0.2, -0.15) is 0 Å². The van der Waals surface area contributed by atoms with E-state index in [0.29, 0.717) is 17.7 Å². The monoisotopic (exact) mass is 509 g/mol. The number of benzene rings is 2. The molecule has 4 rings (SSSR count). The largest absolute Gasteiger partial charge is 0.461 e. The second-order valence-corrected chi connectivity index (χ2v) is 9.25. The van der Waals surface area contributed by atoms with Gasteiger partial charge in [0, 0.05) is 28.4 Å². The van der Waals surface area contributed by atoms with Crippen molar-refractivity contribution >= 4 is 57.5 Å². The molecule has 10 heteroatoms. The molecule has 186 valence electrons. The Bertz CT molecular complexity index is 1370. The average molecular weight is 510 g/mol. The number of nitrogens with zero attached hydrogens (tertiary/aromatic N) is 2. The number of ether oxygens (including phenoxy) is 1. The quantitative estimate of drug-likeness (QED) is 0.346. The lowest BCUT2D eigenvalue weighted by molar-refractivity contribution is -0.150. The molecule has 0 bridgehead atoms. The van der Waals surface area contributed by atoms with E-state index >= 15 is 0 Å². The molecule has 36 heavy (non-hydrogen) atoms. The zero-order valence-electron chi connectivity index (χ0n) is 19.7. The first-order valence-corrected chi connectivity index (χ1v) is 12.1. The standard InChI is InChI=1S/C26H24FN3O5S/c1-3-16(2)35-24(32)15-30-25(33)22(36-26(30)34)12-17-13-29(21-7-5-4-6-20(17)21)14-23(31)28-19-10-8-18(27)9-11-19/h4-13,16H,3,14-15H2,1-2H3,(H,28,31)/b22-12-/t16-/m0/s1. The van der Waals surface area contributed by atoms with Gasteiger partial charge in [-0.3, -0.25) is 24.1 Å². The summed E-state index contributed by atoms with van der Waals surface area (Å²) in [5.41, 5.74) is 1.88. The third-order valence-corrected chi connectivity index (χ3v) is 6.52. The smallest absolute Gasteiger partial charge is 0.326 e. The SMILES string of the molecule is CC[C@H](C)OC(=O)CN1C(=O)S/C(=C\c2cn(CC(=O)Nc3ccc(F)cc3)c3ccccc23)C1=O. The van der Waals surface area contributed by atoms with Gasteiger partial charge in [0.05, 0.1) is 11.0 Å². The van der Waals surface area contributed by atoms with Gasteiger partial charge in [-0.15, -0.1) is 0 Å². The van der Waals surface area contributed by atoms with Crippen molar-refractivity contribution in [1.29, 1.82) is 0 Å². The van der Waals surface area contributed by atoms with Crippen molar-refractivity contribution in [3.8, 4) is 0 Å². The summed E-state index contributed by atoms with van der Waals surface area (Å²) >= 11 is 0.749. The number of esters is 1. The van der Waals surface area contributed by atoms with Gasteiger partial charge in [0.15, 0.2) is 0 Å². The maximum atomic E-state index is 13.1. The Balaban J connectivity index is 1.54. The number of para-hydroxylation sites is 1. The average Bonchev–Trinajstić information content (AvgIpc) is 3.32. The Morgan fingerprint density at radius 2 is 1.83 bits per heavy atom. The molecule has 2 aromatic carbocycles. The second-order valence-electron chi connectivity index (χ2n) is 8.26. The number of anilines is 1. The number of thioether (sulfide) groups is 1. The molecule has 8 nitrogen and oxygen atoms in total. The van der Waals surface area contributed by atoms with Gasteiger partial charge in [-0.05, 0) is 61.5 Å². The van der Waals surface area contributed by atoms with E-state index < -0.39 is 29.5 Å². The van der Waals surface area contributed by atoms with Crippen LogP contribution in [0.1, 0.15) is 25.8 Å². The van der Waals surface area contributed by atoms with E-state index in [0.717, 1.165) is 27.6 Å². The zero-order valence-corrected chi connectivity index (χ0v) is 20.5. The normalized spacial score (nSPS) is 15.5. The fourth-order valence-corrected chi connectivity index (χ4v) is 4.49. The summed E-state index contributed by atoms with van der Waals surface area (Å²) in [6.45, 7) is 3.14. The fourth-order valence-electron chi connectivity index (χ4n) is 3.66. The Kier molecular flexibility index (Phi) is 7.54. The predicted molar refractivity (Wildman–Crippen MR) is 135 cm³/mol. The van der Waals surface area contributed by atoms with Gasteiger partial charge in [0.1, 0.15) is 18.9 Å². The number of imide groups is 1. The van der Waals surface area contributed by atoms with Crippen LogP contribution in [0.15, 0.2) is 59.6 Å². The van der Waals surface area contributed by atoms with Crippen molar-refractivity contribution < 1.29 is 28.3 Å². The van der Waals surface area contributed by atoms with Crippen LogP contribution < -0.4 is 5.32 Å². The van der Waals surface area contributed by atoms with E-state index in [4.69, 9.17) is 4.74 Å². The minimum absolute atomic E-state index is 0.0192. The Morgan fingerprint density at radius 3 is 2.56 bits per heavy atom. The minimum atomic E-state index is -0.642. The molecule has 2 heterocycles. The molecule has 0 radical (unpaired) electrons. The van der Waals surface area contributed by atoms with Crippen molar-refractivity contribution in [2.45, 2.75) is 32.9 Å². The molecule has 1 aliphatic heterocycles. The summed E-state index contributed by atoms with van der Waals surface area (Å²) in [7, 11) is 0. The Labute approximate surface area is 211 Å². The van der Waals surface area contributed by atoms with Gasteiger partial charge < -0.3 is 14.6 Å². The highest BCUT2D eigenvalue weighted by Gasteiger charge is 2.37. The van der Waals surface area contributed by atoms with Crippen molar-refractivity contribution in [2.75, 3.05) is 11.9 Å². The van der Waals surface area contributed by atoms with Crippen LogP contribution in [-0.2, 0) is 25.7 Å². The van der Waals surface area contributed by atoms with Crippen molar-refractivity contribution in [3.05, 3.63) is 71.0 Å². The second kappa shape index (κ2) is 10.8. The molecule has 1 aliphatic rings. The van der Waals surface area contributed by atoms with Crippen LogP contribution >= 0.6 is 11.8 Å². The highest BCUT2D eigenvalue weighted by atomic mass is 32.2. The van der Waals surface area contributed by atoms with Crippen molar-refractivity contribution in [3.63, 3.8) is 0 Å². The Morgan fingerprint density at radius 1 is 1.11 bits per heavy atom. The van der Waals surface area contributed by atoms with Gasteiger partial charge in [0.25, 0.3) is 11.1 Å². The van der Waals surface area contributed by atoms with Crippen LogP contribution in [0.2, 0.25) is 0 Å². The molecular formula is C26H24FN3O5S. The van der Waals surface area contributed by atoms with Gasteiger partial charge in [-0.25, -0.2) is 4.39 Å². The van der Waals surface area contributed by atoms with E-state index in [1.54, 1.807) is 23.8 Å². The number of nitrogens with one attached hydrogen (secondary N) is 1. The molecular weight excluding hydrogens is 485 g/mol. The highest BCUT2D eigenvalue weighted by molar-refractivity contribution is 8.18. The molecule has 1 atom stereocenters. The minimum Gasteiger partial charge on any atom is -0.461 e. The number of carbonyl (C=O) groups is 4. The molecule has 1 aromatic heterocycles. The summed E-state index contributed by atoms with van der Waals surface area (Å²) in [5, 5.41) is 2.96. The van der Waals surface area contributed by atoms with Crippen molar-refractivity contribution in [1.82, 2.24) is 9.47 Å². The number of carbonyl (C=O) groups excluding carboxylic acids is 4. The lowest BCUT2D eigenvalue weighted by Gasteiger charge is -2.14. The van der Waals surface area contributed by atoms with E-state index in [9.17, 15) is 23.6 Å². The van der Waals surface area contributed by atoms with Gasteiger partial charge in [-0.1, -0.05) is 25.1 Å². The summed E-state index contributed by atoms with van der Waals surface area (Å²) in [6.07, 6.45) is 3.63. The molecule has 0 unspecified atom stereocenters. The molecule has 3 aromatic rings. The van der Waals surface area contributed by atoms with E-state index in [2.05, 4.69) is 5.32 Å². The van der Waals surface area contributed by atoms with Gasteiger partial charge >= 0.3 is 5.97 Å². The first-order valence-electron chi connectivity index (χ1n) is 11.3. The van der Waals surface area contributed by atoms with Crippen molar-refractivity contribution in [2.24, 2.45) is 0 Å². The summed E-state index contributed by atoms with van der Waals surface area (Å²) < 4.78 is 20.0. The van der Waals surface area contributed by atoms with Crippen LogP contribution in [0.3, 0.4) is 0 Å². The maximum Gasteiger partial charge on any atom is 0.326 e. The molecule has 1 saturated heterocycles. The van der Waals surface area contributed by atoms with Gasteiger partial charge in [0.2, 0.25) is 5.91 Å². The highest BCUT2D eigenvalue weighted by Crippen LogP contribution is 2.34. The lowest BCUT2D eigenvalue weighted by Crippen LogP contribution is -2.35. The Hall–Kier alpha value is -3.92. The first kappa shape index (κ1) is 25.2. The number of rotatable bonds is 8. The molecule has 0 aliphatic carbocycles. The van der Waals surface area contributed by atoms with Crippen LogP contribution in [0.4, 0.5) is 14.9 Å². The van der Waals surface area contributed by atoms with Crippen LogP contribution in [0.25, 0.3) is 17.0 Å². The van der Waals surface area contributed by atoms with E-state index in [1.165, 1.54) is 24.3 Å². The van der Waals surface area contributed by atoms with Crippen LogP contribution in [-0.4, -0.2) is 45.1 Å². The molecule has 1 fully saturated rings. The summed E-state index contributed by atoms with van der Waals surface area (Å²) in [4.78, 5) is 51.0. The van der Waals surface area contributed by atoms with Crippen LogP contribution in [0, 0.1) is 5.82 Å². The first-order chi connectivity index (χ1) is 17.2. The van der Waals surface area contributed by atoms with E-state index in [1.807, 2.05) is 31.2 Å². The third kappa shape index (κ3) is 5.65. The fraction of sp³-hybridized carbons (Fsp3) is 0.231. The molecule has 0 spiro atoms.